The van der Waals surface area contributed by atoms with Crippen molar-refractivity contribution in [2.45, 2.75) is 6.18 Å². The molecule has 0 atom stereocenters. The highest BCUT2D eigenvalue weighted by Gasteiger charge is 2.30. The Bertz CT molecular complexity index is 917. The summed E-state index contributed by atoms with van der Waals surface area (Å²) in [5.74, 6) is 0.127. The fourth-order valence-corrected chi connectivity index (χ4v) is 2.31. The van der Waals surface area contributed by atoms with Crippen molar-refractivity contribution in [3.63, 3.8) is 0 Å². The molecular weight excluding hydrogens is 390 g/mol. The standard InChI is InChI=1S/C16H10Cl2F3N5/c17-10-4-6-11(7-5-10)22-14-24-13(18)25-15(26-14)23-12-3-1-2-9(8-12)16(19,20)21/h1-8H,(H2,22,23,24,25,26). The minimum atomic E-state index is -4.45. The van der Waals surface area contributed by atoms with Gasteiger partial charge >= 0.3 is 6.18 Å². The van der Waals surface area contributed by atoms with Crippen molar-refractivity contribution in [2.75, 3.05) is 10.6 Å². The quantitative estimate of drug-likeness (QED) is 0.590. The van der Waals surface area contributed by atoms with E-state index in [4.69, 9.17) is 23.2 Å². The molecule has 3 rings (SSSR count). The van der Waals surface area contributed by atoms with E-state index in [2.05, 4.69) is 25.6 Å². The van der Waals surface area contributed by atoms with Gasteiger partial charge in [-0.15, -0.1) is 0 Å². The van der Waals surface area contributed by atoms with E-state index in [-0.39, 0.29) is 22.9 Å². The molecule has 0 radical (unpaired) electrons. The molecular formula is C16H10Cl2F3N5. The van der Waals surface area contributed by atoms with Crippen molar-refractivity contribution in [2.24, 2.45) is 0 Å². The number of hydrogen-bond donors (Lipinski definition) is 2. The smallest absolute Gasteiger partial charge is 0.324 e. The fraction of sp³-hybridized carbons (Fsp3) is 0.0625. The normalized spacial score (nSPS) is 11.3. The molecule has 0 saturated heterocycles. The van der Waals surface area contributed by atoms with Gasteiger partial charge in [-0.05, 0) is 54.1 Å². The van der Waals surface area contributed by atoms with E-state index in [0.29, 0.717) is 10.7 Å². The van der Waals surface area contributed by atoms with Crippen LogP contribution in [0.5, 0.6) is 0 Å². The number of anilines is 4. The Balaban J connectivity index is 1.83. The molecule has 26 heavy (non-hydrogen) atoms. The lowest BCUT2D eigenvalue weighted by Gasteiger charge is -2.11. The third kappa shape index (κ3) is 4.74. The molecule has 10 heteroatoms. The maximum atomic E-state index is 12.8. The van der Waals surface area contributed by atoms with Gasteiger partial charge < -0.3 is 10.6 Å². The molecule has 0 unspecified atom stereocenters. The lowest BCUT2D eigenvalue weighted by atomic mass is 10.2. The zero-order chi connectivity index (χ0) is 18.7. The Morgan fingerprint density at radius 3 is 2.00 bits per heavy atom. The first-order valence-electron chi connectivity index (χ1n) is 7.18. The van der Waals surface area contributed by atoms with Gasteiger partial charge in [0, 0.05) is 16.4 Å². The Morgan fingerprint density at radius 2 is 1.38 bits per heavy atom. The van der Waals surface area contributed by atoms with E-state index in [1.54, 1.807) is 24.3 Å². The molecule has 1 heterocycles. The predicted molar refractivity (Wildman–Crippen MR) is 94.3 cm³/mol. The lowest BCUT2D eigenvalue weighted by molar-refractivity contribution is -0.137. The van der Waals surface area contributed by atoms with Crippen LogP contribution in [0.3, 0.4) is 0 Å². The van der Waals surface area contributed by atoms with Crippen LogP contribution in [0.4, 0.5) is 36.4 Å². The van der Waals surface area contributed by atoms with Crippen LogP contribution in [-0.2, 0) is 6.18 Å². The molecule has 1 aromatic heterocycles. The molecule has 0 bridgehead atoms. The molecule has 2 N–H and O–H groups in total. The topological polar surface area (TPSA) is 62.7 Å². The summed E-state index contributed by atoms with van der Waals surface area (Å²) in [4.78, 5) is 11.9. The number of aromatic nitrogens is 3. The Kier molecular flexibility index (Phi) is 5.15. The first-order valence-corrected chi connectivity index (χ1v) is 7.94. The van der Waals surface area contributed by atoms with Crippen molar-refractivity contribution in [1.29, 1.82) is 0 Å². The first kappa shape index (κ1) is 18.2. The van der Waals surface area contributed by atoms with Gasteiger partial charge in [-0.1, -0.05) is 17.7 Å². The molecule has 5 nitrogen and oxygen atoms in total. The number of nitrogens with zero attached hydrogens (tertiary/aromatic N) is 3. The second kappa shape index (κ2) is 7.35. The summed E-state index contributed by atoms with van der Waals surface area (Å²) < 4.78 is 38.4. The van der Waals surface area contributed by atoms with Gasteiger partial charge in [0.2, 0.25) is 17.2 Å². The third-order valence-electron chi connectivity index (χ3n) is 3.15. The van der Waals surface area contributed by atoms with Crippen LogP contribution in [0, 0.1) is 0 Å². The van der Waals surface area contributed by atoms with Crippen LogP contribution in [0.1, 0.15) is 5.56 Å². The Morgan fingerprint density at radius 1 is 0.769 bits per heavy atom. The van der Waals surface area contributed by atoms with E-state index in [0.717, 1.165) is 12.1 Å². The van der Waals surface area contributed by atoms with Crippen molar-refractivity contribution >= 4 is 46.5 Å². The summed E-state index contributed by atoms with van der Waals surface area (Å²) in [6, 6.07) is 11.4. The van der Waals surface area contributed by atoms with Crippen LogP contribution in [-0.4, -0.2) is 15.0 Å². The predicted octanol–water partition coefficient (Wildman–Crippen LogP) is 5.68. The number of rotatable bonds is 4. The van der Waals surface area contributed by atoms with Gasteiger partial charge in [-0.25, -0.2) is 0 Å². The maximum absolute atomic E-state index is 12.8. The van der Waals surface area contributed by atoms with Gasteiger partial charge in [0.05, 0.1) is 5.56 Å². The van der Waals surface area contributed by atoms with Crippen LogP contribution < -0.4 is 10.6 Å². The zero-order valence-electron chi connectivity index (χ0n) is 12.9. The minimum absolute atomic E-state index is 0.000730. The van der Waals surface area contributed by atoms with E-state index >= 15 is 0 Å². The average molecular weight is 400 g/mol. The van der Waals surface area contributed by atoms with Crippen LogP contribution in [0.2, 0.25) is 10.3 Å². The largest absolute Gasteiger partial charge is 0.416 e. The summed E-state index contributed by atoms with van der Waals surface area (Å²) >= 11 is 11.7. The molecule has 0 fully saturated rings. The highest BCUT2D eigenvalue weighted by atomic mass is 35.5. The van der Waals surface area contributed by atoms with Gasteiger partial charge in [-0.2, -0.15) is 28.1 Å². The third-order valence-corrected chi connectivity index (χ3v) is 3.58. The summed E-state index contributed by atoms with van der Waals surface area (Å²) in [6.45, 7) is 0. The highest BCUT2D eigenvalue weighted by Crippen LogP contribution is 2.31. The van der Waals surface area contributed by atoms with E-state index in [9.17, 15) is 13.2 Å². The molecule has 0 aliphatic heterocycles. The molecule has 134 valence electrons. The molecule has 0 saturated carbocycles. The fourth-order valence-electron chi connectivity index (χ4n) is 2.03. The zero-order valence-corrected chi connectivity index (χ0v) is 14.4. The van der Waals surface area contributed by atoms with E-state index in [1.807, 2.05) is 0 Å². The maximum Gasteiger partial charge on any atom is 0.416 e. The molecule has 0 aliphatic carbocycles. The minimum Gasteiger partial charge on any atom is -0.324 e. The van der Waals surface area contributed by atoms with Gasteiger partial charge in [-0.3, -0.25) is 0 Å². The van der Waals surface area contributed by atoms with Gasteiger partial charge in [0.25, 0.3) is 0 Å². The molecule has 0 spiro atoms. The average Bonchev–Trinajstić information content (AvgIpc) is 2.56. The van der Waals surface area contributed by atoms with Gasteiger partial charge in [0.15, 0.2) is 0 Å². The summed E-state index contributed by atoms with van der Waals surface area (Å²) in [7, 11) is 0. The van der Waals surface area contributed by atoms with Crippen molar-refractivity contribution in [3.8, 4) is 0 Å². The van der Waals surface area contributed by atoms with Crippen LogP contribution in [0.15, 0.2) is 48.5 Å². The number of nitrogens with one attached hydrogen (secondary N) is 2. The SMILES string of the molecule is FC(F)(F)c1cccc(Nc2nc(Cl)nc(Nc3ccc(Cl)cc3)n2)c1. The Hall–Kier alpha value is -2.58. The van der Waals surface area contributed by atoms with Crippen molar-refractivity contribution < 1.29 is 13.2 Å². The second-order valence-corrected chi connectivity index (χ2v) is 5.86. The first-order chi connectivity index (χ1) is 12.3. The monoisotopic (exact) mass is 399 g/mol. The number of hydrogen-bond acceptors (Lipinski definition) is 5. The number of benzene rings is 2. The molecule has 3 aromatic rings. The molecule has 0 amide bonds. The van der Waals surface area contributed by atoms with Gasteiger partial charge in [0.1, 0.15) is 0 Å². The summed E-state index contributed by atoms with van der Waals surface area (Å²) in [5.41, 5.74) is 0.0309. The molecule has 2 aromatic carbocycles. The van der Waals surface area contributed by atoms with E-state index in [1.165, 1.54) is 12.1 Å². The highest BCUT2D eigenvalue weighted by molar-refractivity contribution is 6.30. The van der Waals surface area contributed by atoms with E-state index < -0.39 is 11.7 Å². The van der Waals surface area contributed by atoms with Crippen molar-refractivity contribution in [3.05, 3.63) is 64.4 Å². The number of alkyl halides is 3. The summed E-state index contributed by atoms with van der Waals surface area (Å²) in [5, 5.41) is 6.04. The lowest BCUT2D eigenvalue weighted by Crippen LogP contribution is -2.07. The van der Waals surface area contributed by atoms with Crippen LogP contribution >= 0.6 is 23.2 Å². The van der Waals surface area contributed by atoms with Crippen molar-refractivity contribution in [1.82, 2.24) is 15.0 Å². The Labute approximate surface area is 156 Å². The summed E-state index contributed by atoms with van der Waals surface area (Å²) in [6.07, 6.45) is -4.45. The molecule has 0 aliphatic rings. The number of halogens is 5. The van der Waals surface area contributed by atoms with Crippen LogP contribution in [0.25, 0.3) is 0 Å². The second-order valence-electron chi connectivity index (χ2n) is 5.09.